The van der Waals surface area contributed by atoms with Gasteiger partial charge in [0.05, 0.1) is 5.41 Å². The Morgan fingerprint density at radius 3 is 2.20 bits per heavy atom. The van der Waals surface area contributed by atoms with Crippen LogP contribution in [0.1, 0.15) is 25.2 Å². The van der Waals surface area contributed by atoms with Crippen molar-refractivity contribution in [3.63, 3.8) is 0 Å². The first kappa shape index (κ1) is 11.8. The summed E-state index contributed by atoms with van der Waals surface area (Å²) in [6, 6.07) is 4.16. The Kier molecular flexibility index (Phi) is 3.22. The minimum absolute atomic E-state index is 0.0787. The lowest BCUT2D eigenvalue weighted by atomic mass is 9.92. The third kappa shape index (κ3) is 2.41. The van der Waals surface area contributed by atoms with Gasteiger partial charge in [-0.1, -0.05) is 0 Å². The molecule has 1 aromatic heterocycles. The molecule has 0 atom stereocenters. The molecular weight excluding hydrogens is 188 g/mol. The Bertz CT molecular complexity index is 344. The molecule has 0 saturated heterocycles. The molecule has 0 saturated carbocycles. The first-order chi connectivity index (χ1) is 6.88. The molecule has 0 unspecified atom stereocenters. The van der Waals surface area contributed by atoms with E-state index in [0.29, 0.717) is 0 Å². The summed E-state index contributed by atoms with van der Waals surface area (Å²) in [5, 5.41) is 2.70. The second-order valence-corrected chi connectivity index (χ2v) is 4.67. The number of aryl methyl sites for hydroxylation is 2. The fraction of sp³-hybridized carbons (Fsp3) is 0.583. The number of rotatable bonds is 3. The summed E-state index contributed by atoms with van der Waals surface area (Å²) in [4.78, 5) is 11.7. The van der Waals surface area contributed by atoms with Crippen LogP contribution >= 0.6 is 0 Å². The number of hydrogen-bond acceptors (Lipinski definition) is 1. The molecule has 0 fully saturated rings. The molecule has 1 aromatic rings. The number of carbonyl (C=O) groups excluding carboxylic acids is 1. The molecule has 3 nitrogen and oxygen atoms in total. The summed E-state index contributed by atoms with van der Waals surface area (Å²) in [6.45, 7) is 8.77. The summed E-state index contributed by atoms with van der Waals surface area (Å²) < 4.78 is 2.18. The summed E-state index contributed by atoms with van der Waals surface area (Å²) >= 11 is 0. The second kappa shape index (κ2) is 4.09. The van der Waals surface area contributed by atoms with Gasteiger partial charge in [0, 0.05) is 25.0 Å². The van der Waals surface area contributed by atoms with Gasteiger partial charge in [-0.15, -0.1) is 0 Å². The lowest BCUT2D eigenvalue weighted by Crippen LogP contribution is -2.38. The van der Waals surface area contributed by atoms with Crippen molar-refractivity contribution in [3.8, 4) is 0 Å². The van der Waals surface area contributed by atoms with Gasteiger partial charge in [0.15, 0.2) is 0 Å². The molecule has 3 heteroatoms. The minimum Gasteiger partial charge on any atom is -0.359 e. The van der Waals surface area contributed by atoms with E-state index in [4.69, 9.17) is 0 Å². The van der Waals surface area contributed by atoms with Crippen molar-refractivity contribution in [3.05, 3.63) is 23.5 Å². The Morgan fingerprint density at radius 2 is 1.80 bits per heavy atom. The van der Waals surface area contributed by atoms with Gasteiger partial charge in [0.1, 0.15) is 0 Å². The van der Waals surface area contributed by atoms with Gasteiger partial charge in [-0.25, -0.2) is 0 Å². The number of hydrogen-bond donors (Lipinski definition) is 1. The zero-order valence-electron chi connectivity index (χ0n) is 10.2. The van der Waals surface area contributed by atoms with Gasteiger partial charge in [-0.2, -0.15) is 0 Å². The van der Waals surface area contributed by atoms with Crippen LogP contribution in [0.3, 0.4) is 0 Å². The predicted molar refractivity (Wildman–Crippen MR) is 61.8 cm³/mol. The lowest BCUT2D eigenvalue weighted by Gasteiger charge is -2.25. The van der Waals surface area contributed by atoms with E-state index in [-0.39, 0.29) is 11.3 Å². The van der Waals surface area contributed by atoms with Gasteiger partial charge in [-0.3, -0.25) is 4.79 Å². The molecule has 84 valence electrons. The number of aromatic nitrogens is 1. The maximum Gasteiger partial charge on any atom is 0.227 e. The van der Waals surface area contributed by atoms with E-state index in [2.05, 4.69) is 35.9 Å². The zero-order valence-corrected chi connectivity index (χ0v) is 10.2. The number of nitrogens with zero attached hydrogens (tertiary/aromatic N) is 1. The summed E-state index contributed by atoms with van der Waals surface area (Å²) in [7, 11) is 1.68. The van der Waals surface area contributed by atoms with E-state index in [1.807, 2.05) is 13.8 Å². The maximum atomic E-state index is 11.7. The zero-order chi connectivity index (χ0) is 11.6. The minimum atomic E-state index is -0.372. The number of carbonyl (C=O) groups is 1. The summed E-state index contributed by atoms with van der Waals surface area (Å²) in [6.07, 6.45) is 0. The molecule has 1 amide bonds. The normalized spacial score (nSPS) is 11.5. The average Bonchev–Trinajstić information content (AvgIpc) is 2.47. The smallest absolute Gasteiger partial charge is 0.227 e. The highest BCUT2D eigenvalue weighted by Crippen LogP contribution is 2.21. The monoisotopic (exact) mass is 208 g/mol. The third-order valence-corrected chi connectivity index (χ3v) is 2.81. The first-order valence-corrected chi connectivity index (χ1v) is 5.23. The topological polar surface area (TPSA) is 34.0 Å². The largest absolute Gasteiger partial charge is 0.359 e. The van der Waals surface area contributed by atoms with Crippen LogP contribution in [-0.4, -0.2) is 17.5 Å². The van der Waals surface area contributed by atoms with Crippen LogP contribution in [0.2, 0.25) is 0 Å². The third-order valence-electron chi connectivity index (χ3n) is 2.81. The van der Waals surface area contributed by atoms with E-state index in [1.54, 1.807) is 7.05 Å². The van der Waals surface area contributed by atoms with Crippen molar-refractivity contribution in [2.75, 3.05) is 7.05 Å². The van der Waals surface area contributed by atoms with Crippen LogP contribution in [0.25, 0.3) is 0 Å². The van der Waals surface area contributed by atoms with Gasteiger partial charge in [-0.05, 0) is 39.8 Å². The highest BCUT2D eigenvalue weighted by Gasteiger charge is 2.27. The van der Waals surface area contributed by atoms with Crippen molar-refractivity contribution in [2.24, 2.45) is 5.41 Å². The van der Waals surface area contributed by atoms with Crippen LogP contribution in [-0.2, 0) is 11.3 Å². The predicted octanol–water partition coefficient (Wildman–Crippen LogP) is 1.88. The molecule has 0 radical (unpaired) electrons. The maximum absolute atomic E-state index is 11.7. The van der Waals surface area contributed by atoms with E-state index < -0.39 is 0 Å². The van der Waals surface area contributed by atoms with Crippen LogP contribution < -0.4 is 5.32 Å². The molecule has 0 aliphatic carbocycles. The van der Waals surface area contributed by atoms with Gasteiger partial charge >= 0.3 is 0 Å². The van der Waals surface area contributed by atoms with Crippen LogP contribution in [0.4, 0.5) is 0 Å². The van der Waals surface area contributed by atoms with Crippen LogP contribution in [0.5, 0.6) is 0 Å². The van der Waals surface area contributed by atoms with Crippen LogP contribution in [0, 0.1) is 19.3 Å². The Balaban J connectivity index is 2.90. The fourth-order valence-electron chi connectivity index (χ4n) is 1.75. The molecule has 1 rings (SSSR count). The second-order valence-electron chi connectivity index (χ2n) is 4.67. The van der Waals surface area contributed by atoms with Gasteiger partial charge in [0.25, 0.3) is 0 Å². The lowest BCUT2D eigenvalue weighted by molar-refractivity contribution is -0.129. The summed E-state index contributed by atoms with van der Waals surface area (Å²) in [5.74, 6) is 0.0787. The Hall–Kier alpha value is -1.25. The van der Waals surface area contributed by atoms with E-state index in [1.165, 1.54) is 11.4 Å². The Labute approximate surface area is 91.5 Å². The molecule has 1 heterocycles. The van der Waals surface area contributed by atoms with Gasteiger partial charge < -0.3 is 9.88 Å². The number of nitrogens with one attached hydrogen (secondary N) is 1. The van der Waals surface area contributed by atoms with E-state index in [0.717, 1.165) is 6.54 Å². The van der Waals surface area contributed by atoms with Crippen molar-refractivity contribution < 1.29 is 4.79 Å². The van der Waals surface area contributed by atoms with Crippen LogP contribution in [0.15, 0.2) is 12.1 Å². The van der Waals surface area contributed by atoms with Crippen molar-refractivity contribution in [1.29, 1.82) is 0 Å². The molecule has 0 aromatic carbocycles. The van der Waals surface area contributed by atoms with E-state index >= 15 is 0 Å². The molecule has 1 N–H and O–H groups in total. The standard InChI is InChI=1S/C12H20N2O/c1-9-6-7-10(2)14(9)8-12(3,4)11(15)13-5/h6-7H,8H2,1-5H3,(H,13,15). The SMILES string of the molecule is CNC(=O)C(C)(C)Cn1c(C)ccc1C. The quantitative estimate of drug-likeness (QED) is 0.808. The van der Waals surface area contributed by atoms with Crippen molar-refractivity contribution >= 4 is 5.91 Å². The number of amides is 1. The van der Waals surface area contributed by atoms with Gasteiger partial charge in [0.2, 0.25) is 5.91 Å². The fourth-order valence-corrected chi connectivity index (χ4v) is 1.75. The highest BCUT2D eigenvalue weighted by molar-refractivity contribution is 5.81. The average molecular weight is 208 g/mol. The molecule has 15 heavy (non-hydrogen) atoms. The summed E-state index contributed by atoms with van der Waals surface area (Å²) in [5.41, 5.74) is 2.03. The molecule has 0 spiro atoms. The van der Waals surface area contributed by atoms with E-state index in [9.17, 15) is 4.79 Å². The first-order valence-electron chi connectivity index (χ1n) is 5.23. The highest BCUT2D eigenvalue weighted by atomic mass is 16.2. The van der Waals surface area contributed by atoms with Crippen molar-refractivity contribution in [2.45, 2.75) is 34.2 Å². The van der Waals surface area contributed by atoms with Crippen molar-refractivity contribution in [1.82, 2.24) is 9.88 Å². The molecule has 0 aliphatic heterocycles. The molecule has 0 aliphatic rings. The molecule has 0 bridgehead atoms. The molecular formula is C12H20N2O. The Morgan fingerprint density at radius 1 is 1.33 bits per heavy atom.